The molecule has 0 saturated carbocycles. The van der Waals surface area contributed by atoms with E-state index in [2.05, 4.69) is 10.6 Å². The minimum atomic E-state index is -0.00314. The van der Waals surface area contributed by atoms with Crippen molar-refractivity contribution >= 4 is 24.2 Å². The number of carbonyl (C=O) groups excluding carboxylic acids is 2. The molecule has 3 rings (SSSR count). The first-order valence-electron chi connectivity index (χ1n) is 9.48. The maximum atomic E-state index is 12.4. The SMILES string of the molecule is Cc1ccccc1C(=O)NC1CCN(C(=O)CCC2CCNC2)CC1.Cl. The van der Waals surface area contributed by atoms with E-state index in [0.29, 0.717) is 12.3 Å². The van der Waals surface area contributed by atoms with Gasteiger partial charge in [-0.2, -0.15) is 0 Å². The number of carbonyl (C=O) groups is 2. The Labute approximate surface area is 162 Å². The summed E-state index contributed by atoms with van der Waals surface area (Å²) in [6.07, 6.45) is 4.53. The van der Waals surface area contributed by atoms with Crippen LogP contribution in [0.2, 0.25) is 0 Å². The summed E-state index contributed by atoms with van der Waals surface area (Å²) < 4.78 is 0. The molecule has 2 amide bonds. The van der Waals surface area contributed by atoms with E-state index in [4.69, 9.17) is 0 Å². The van der Waals surface area contributed by atoms with Crippen LogP contribution in [0.15, 0.2) is 24.3 Å². The Morgan fingerprint density at radius 1 is 1.19 bits per heavy atom. The van der Waals surface area contributed by atoms with Crippen molar-refractivity contribution in [3.8, 4) is 0 Å². The number of rotatable bonds is 5. The highest BCUT2D eigenvalue weighted by molar-refractivity contribution is 5.95. The lowest BCUT2D eigenvalue weighted by molar-refractivity contribution is -0.132. The van der Waals surface area contributed by atoms with Crippen LogP contribution in [0.3, 0.4) is 0 Å². The van der Waals surface area contributed by atoms with Crippen LogP contribution < -0.4 is 10.6 Å². The summed E-state index contributed by atoms with van der Waals surface area (Å²) in [5, 5.41) is 6.48. The van der Waals surface area contributed by atoms with Gasteiger partial charge in [-0.05, 0) is 63.2 Å². The van der Waals surface area contributed by atoms with Gasteiger partial charge in [0.05, 0.1) is 0 Å². The normalized spacial score (nSPS) is 20.5. The number of hydrogen-bond donors (Lipinski definition) is 2. The summed E-state index contributed by atoms with van der Waals surface area (Å²) in [6.45, 7) is 5.60. The third-order valence-electron chi connectivity index (χ3n) is 5.50. The quantitative estimate of drug-likeness (QED) is 0.826. The lowest BCUT2D eigenvalue weighted by Gasteiger charge is -2.32. The number of likely N-dealkylation sites (tertiary alicyclic amines) is 1. The molecule has 1 aromatic rings. The number of nitrogens with one attached hydrogen (secondary N) is 2. The van der Waals surface area contributed by atoms with Gasteiger partial charge in [-0.1, -0.05) is 18.2 Å². The summed E-state index contributed by atoms with van der Waals surface area (Å²) in [5.74, 6) is 0.932. The molecule has 2 saturated heterocycles. The highest BCUT2D eigenvalue weighted by Gasteiger charge is 2.25. The smallest absolute Gasteiger partial charge is 0.251 e. The monoisotopic (exact) mass is 379 g/mol. The summed E-state index contributed by atoms with van der Waals surface area (Å²) in [4.78, 5) is 26.7. The van der Waals surface area contributed by atoms with Crippen molar-refractivity contribution in [2.75, 3.05) is 26.2 Å². The second-order valence-corrected chi connectivity index (χ2v) is 7.34. The van der Waals surface area contributed by atoms with Gasteiger partial charge in [0.25, 0.3) is 5.91 Å². The Morgan fingerprint density at radius 3 is 2.58 bits per heavy atom. The largest absolute Gasteiger partial charge is 0.349 e. The zero-order valence-corrected chi connectivity index (χ0v) is 16.3. The van der Waals surface area contributed by atoms with Crippen LogP contribution in [0.1, 0.15) is 48.0 Å². The van der Waals surface area contributed by atoms with Crippen molar-refractivity contribution in [3.05, 3.63) is 35.4 Å². The second-order valence-electron chi connectivity index (χ2n) is 7.34. The van der Waals surface area contributed by atoms with Crippen LogP contribution in [0.5, 0.6) is 0 Å². The average Bonchev–Trinajstić information content (AvgIpc) is 3.14. The minimum Gasteiger partial charge on any atom is -0.349 e. The van der Waals surface area contributed by atoms with E-state index in [-0.39, 0.29) is 30.3 Å². The summed E-state index contributed by atoms with van der Waals surface area (Å²) in [7, 11) is 0. The fraction of sp³-hybridized carbons (Fsp3) is 0.600. The molecule has 144 valence electrons. The second kappa shape index (κ2) is 9.93. The molecule has 6 heteroatoms. The van der Waals surface area contributed by atoms with Gasteiger partial charge >= 0.3 is 0 Å². The molecule has 2 heterocycles. The lowest BCUT2D eigenvalue weighted by atomic mass is 10.00. The first-order valence-corrected chi connectivity index (χ1v) is 9.48. The highest BCUT2D eigenvalue weighted by Crippen LogP contribution is 2.18. The van der Waals surface area contributed by atoms with Crippen molar-refractivity contribution < 1.29 is 9.59 Å². The fourth-order valence-corrected chi connectivity index (χ4v) is 3.81. The first kappa shape index (κ1) is 20.7. The number of amides is 2. The van der Waals surface area contributed by atoms with Gasteiger partial charge in [-0.15, -0.1) is 12.4 Å². The van der Waals surface area contributed by atoms with E-state index in [1.807, 2.05) is 36.1 Å². The molecule has 2 aliphatic rings. The Kier molecular flexibility index (Phi) is 7.91. The van der Waals surface area contributed by atoms with Gasteiger partial charge in [0.2, 0.25) is 5.91 Å². The molecule has 1 atom stereocenters. The highest BCUT2D eigenvalue weighted by atomic mass is 35.5. The summed E-state index contributed by atoms with van der Waals surface area (Å²) >= 11 is 0. The number of piperidine rings is 1. The molecule has 2 N–H and O–H groups in total. The van der Waals surface area contributed by atoms with Crippen LogP contribution in [-0.4, -0.2) is 48.9 Å². The number of hydrogen-bond acceptors (Lipinski definition) is 3. The zero-order valence-electron chi connectivity index (χ0n) is 15.5. The van der Waals surface area contributed by atoms with E-state index in [0.717, 1.165) is 56.6 Å². The van der Waals surface area contributed by atoms with Gasteiger partial charge < -0.3 is 15.5 Å². The van der Waals surface area contributed by atoms with Crippen LogP contribution in [0, 0.1) is 12.8 Å². The van der Waals surface area contributed by atoms with E-state index in [1.165, 1.54) is 6.42 Å². The number of benzene rings is 1. The maximum absolute atomic E-state index is 12.4. The van der Waals surface area contributed by atoms with Crippen molar-refractivity contribution in [2.24, 2.45) is 5.92 Å². The van der Waals surface area contributed by atoms with Crippen LogP contribution in [-0.2, 0) is 4.79 Å². The van der Waals surface area contributed by atoms with Gasteiger partial charge in [0, 0.05) is 31.1 Å². The number of halogens is 1. The molecule has 0 aliphatic carbocycles. The van der Waals surface area contributed by atoms with E-state index in [1.54, 1.807) is 0 Å². The Bertz CT molecular complexity index is 609. The van der Waals surface area contributed by atoms with E-state index in [9.17, 15) is 9.59 Å². The van der Waals surface area contributed by atoms with Crippen LogP contribution in [0.25, 0.3) is 0 Å². The molecule has 1 aromatic carbocycles. The molecular formula is C20H30ClN3O2. The fourth-order valence-electron chi connectivity index (χ4n) is 3.81. The molecule has 26 heavy (non-hydrogen) atoms. The number of aryl methyl sites for hydroxylation is 1. The minimum absolute atomic E-state index is 0. The summed E-state index contributed by atoms with van der Waals surface area (Å²) in [6, 6.07) is 7.81. The molecule has 2 fully saturated rings. The molecule has 0 radical (unpaired) electrons. The Hall–Kier alpha value is -1.59. The number of nitrogens with zero attached hydrogens (tertiary/aromatic N) is 1. The van der Waals surface area contributed by atoms with Crippen molar-refractivity contribution in [3.63, 3.8) is 0 Å². The van der Waals surface area contributed by atoms with E-state index >= 15 is 0 Å². The van der Waals surface area contributed by atoms with Gasteiger partial charge in [0.15, 0.2) is 0 Å². The molecule has 5 nitrogen and oxygen atoms in total. The predicted molar refractivity (Wildman–Crippen MR) is 106 cm³/mol. The van der Waals surface area contributed by atoms with Crippen molar-refractivity contribution in [1.29, 1.82) is 0 Å². The summed E-state index contributed by atoms with van der Waals surface area (Å²) in [5.41, 5.74) is 1.74. The molecule has 1 unspecified atom stereocenters. The Morgan fingerprint density at radius 2 is 1.92 bits per heavy atom. The third-order valence-corrected chi connectivity index (χ3v) is 5.50. The topological polar surface area (TPSA) is 61.4 Å². The average molecular weight is 380 g/mol. The van der Waals surface area contributed by atoms with Crippen molar-refractivity contribution in [2.45, 2.75) is 45.1 Å². The van der Waals surface area contributed by atoms with Crippen molar-refractivity contribution in [1.82, 2.24) is 15.5 Å². The predicted octanol–water partition coefficient (Wildman–Crippen LogP) is 2.53. The molecule has 0 spiro atoms. The zero-order chi connectivity index (χ0) is 17.6. The molecule has 2 aliphatic heterocycles. The first-order chi connectivity index (χ1) is 12.1. The maximum Gasteiger partial charge on any atom is 0.251 e. The Balaban J connectivity index is 0.00000243. The standard InChI is InChI=1S/C20H29N3O2.ClH/c1-15-4-2-3-5-18(15)20(25)22-17-9-12-23(13-10-17)19(24)7-6-16-8-11-21-14-16;/h2-5,16-17,21H,6-14H2,1H3,(H,22,25);1H. The van der Waals surface area contributed by atoms with Crippen LogP contribution in [0.4, 0.5) is 0 Å². The molecule has 0 bridgehead atoms. The van der Waals surface area contributed by atoms with E-state index < -0.39 is 0 Å². The van der Waals surface area contributed by atoms with Crippen LogP contribution >= 0.6 is 12.4 Å². The van der Waals surface area contributed by atoms with Gasteiger partial charge in [-0.25, -0.2) is 0 Å². The van der Waals surface area contributed by atoms with Gasteiger partial charge in [-0.3, -0.25) is 9.59 Å². The third kappa shape index (κ3) is 5.45. The lowest BCUT2D eigenvalue weighted by Crippen LogP contribution is -2.46. The molecular weight excluding hydrogens is 350 g/mol. The van der Waals surface area contributed by atoms with Gasteiger partial charge in [0.1, 0.15) is 0 Å². The molecule has 0 aromatic heterocycles.